The van der Waals surface area contributed by atoms with Gasteiger partial charge in [0.05, 0.1) is 30.0 Å². The SMILES string of the molecule is O=C1Cc2ncc(-c3cccc(F)c3)cc2N1Cc1ccccn1. The molecule has 0 bridgehead atoms. The molecule has 4 nitrogen and oxygen atoms in total. The van der Waals surface area contributed by atoms with Gasteiger partial charge in [-0.05, 0) is 35.9 Å². The van der Waals surface area contributed by atoms with Gasteiger partial charge in [0.1, 0.15) is 5.82 Å². The summed E-state index contributed by atoms with van der Waals surface area (Å²) in [6.07, 6.45) is 3.68. The maximum absolute atomic E-state index is 13.5. The van der Waals surface area contributed by atoms with Crippen LogP contribution in [0.25, 0.3) is 11.1 Å². The van der Waals surface area contributed by atoms with Crippen LogP contribution in [0, 0.1) is 5.82 Å². The molecule has 118 valence electrons. The number of amides is 1. The van der Waals surface area contributed by atoms with Crippen LogP contribution in [0.1, 0.15) is 11.4 Å². The van der Waals surface area contributed by atoms with Crippen molar-refractivity contribution in [3.63, 3.8) is 0 Å². The fraction of sp³-hybridized carbons (Fsp3) is 0.105. The van der Waals surface area contributed by atoms with E-state index in [2.05, 4.69) is 9.97 Å². The van der Waals surface area contributed by atoms with E-state index in [9.17, 15) is 9.18 Å². The van der Waals surface area contributed by atoms with Crippen molar-refractivity contribution in [1.82, 2.24) is 9.97 Å². The van der Waals surface area contributed by atoms with E-state index in [0.717, 1.165) is 28.2 Å². The van der Waals surface area contributed by atoms with Gasteiger partial charge in [0, 0.05) is 18.0 Å². The average molecular weight is 319 g/mol. The molecule has 5 heteroatoms. The van der Waals surface area contributed by atoms with Crippen LogP contribution in [0.2, 0.25) is 0 Å². The molecule has 1 aliphatic heterocycles. The molecule has 0 atom stereocenters. The predicted molar refractivity (Wildman–Crippen MR) is 88.8 cm³/mol. The molecule has 1 amide bonds. The number of carbonyl (C=O) groups excluding carboxylic acids is 1. The Balaban J connectivity index is 1.71. The van der Waals surface area contributed by atoms with Crippen molar-refractivity contribution >= 4 is 11.6 Å². The summed E-state index contributed by atoms with van der Waals surface area (Å²) in [5.74, 6) is -0.297. The Hall–Kier alpha value is -3.08. The summed E-state index contributed by atoms with van der Waals surface area (Å²) in [6.45, 7) is 0.404. The molecule has 0 unspecified atom stereocenters. The highest BCUT2D eigenvalue weighted by atomic mass is 19.1. The lowest BCUT2D eigenvalue weighted by Crippen LogP contribution is -2.26. The van der Waals surface area contributed by atoms with Crippen molar-refractivity contribution in [3.05, 3.63) is 78.1 Å². The van der Waals surface area contributed by atoms with E-state index < -0.39 is 0 Å². The van der Waals surface area contributed by atoms with Crippen LogP contribution in [0.3, 0.4) is 0 Å². The van der Waals surface area contributed by atoms with Crippen LogP contribution < -0.4 is 4.90 Å². The highest BCUT2D eigenvalue weighted by molar-refractivity contribution is 6.01. The smallest absolute Gasteiger partial charge is 0.233 e. The van der Waals surface area contributed by atoms with Crippen LogP contribution in [0.5, 0.6) is 0 Å². The van der Waals surface area contributed by atoms with Gasteiger partial charge in [0.25, 0.3) is 0 Å². The van der Waals surface area contributed by atoms with Gasteiger partial charge in [-0.2, -0.15) is 0 Å². The number of anilines is 1. The summed E-state index contributed by atoms with van der Waals surface area (Å²) in [7, 11) is 0. The Morgan fingerprint density at radius 1 is 1.04 bits per heavy atom. The molecule has 2 aromatic heterocycles. The molecule has 4 rings (SSSR count). The third-order valence-electron chi connectivity index (χ3n) is 4.06. The molecule has 1 aromatic carbocycles. The summed E-state index contributed by atoms with van der Waals surface area (Å²) in [4.78, 5) is 22.7. The zero-order valence-electron chi connectivity index (χ0n) is 12.8. The molecule has 3 heterocycles. The molecular weight excluding hydrogens is 305 g/mol. The fourth-order valence-electron chi connectivity index (χ4n) is 2.88. The van der Waals surface area contributed by atoms with Gasteiger partial charge in [-0.3, -0.25) is 14.8 Å². The summed E-state index contributed by atoms with van der Waals surface area (Å²) in [5.41, 5.74) is 3.86. The van der Waals surface area contributed by atoms with Gasteiger partial charge < -0.3 is 4.90 Å². The van der Waals surface area contributed by atoms with Gasteiger partial charge in [0.2, 0.25) is 5.91 Å². The number of pyridine rings is 2. The number of rotatable bonds is 3. The Bertz CT molecular complexity index is 911. The molecular formula is C19H14FN3O. The third kappa shape index (κ3) is 2.65. The van der Waals surface area contributed by atoms with Crippen LogP contribution >= 0.6 is 0 Å². The second-order valence-corrected chi connectivity index (χ2v) is 5.68. The number of aromatic nitrogens is 2. The number of nitrogens with zero attached hydrogens (tertiary/aromatic N) is 3. The minimum Gasteiger partial charge on any atom is -0.304 e. The monoisotopic (exact) mass is 319 g/mol. The van der Waals surface area contributed by atoms with Gasteiger partial charge in [-0.15, -0.1) is 0 Å². The van der Waals surface area contributed by atoms with Gasteiger partial charge in [-0.25, -0.2) is 4.39 Å². The number of fused-ring (bicyclic) bond motifs is 1. The first-order chi connectivity index (χ1) is 11.7. The molecule has 0 saturated carbocycles. The molecule has 1 aliphatic rings. The van der Waals surface area contributed by atoms with E-state index in [0.29, 0.717) is 6.54 Å². The third-order valence-corrected chi connectivity index (χ3v) is 4.06. The summed E-state index contributed by atoms with van der Waals surface area (Å²) < 4.78 is 13.5. The van der Waals surface area contributed by atoms with Gasteiger partial charge in [0.15, 0.2) is 0 Å². The normalized spacial score (nSPS) is 13.2. The van der Waals surface area contributed by atoms with Crippen molar-refractivity contribution in [2.45, 2.75) is 13.0 Å². The van der Waals surface area contributed by atoms with Crippen LogP contribution in [0.4, 0.5) is 10.1 Å². The highest BCUT2D eigenvalue weighted by Gasteiger charge is 2.29. The second kappa shape index (κ2) is 5.85. The van der Waals surface area contributed by atoms with Gasteiger partial charge >= 0.3 is 0 Å². The molecule has 24 heavy (non-hydrogen) atoms. The zero-order chi connectivity index (χ0) is 16.5. The van der Waals surface area contributed by atoms with E-state index >= 15 is 0 Å². The predicted octanol–water partition coefficient (Wildman–Crippen LogP) is 3.37. The van der Waals surface area contributed by atoms with E-state index in [-0.39, 0.29) is 18.1 Å². The maximum atomic E-state index is 13.5. The van der Waals surface area contributed by atoms with Crippen LogP contribution in [-0.4, -0.2) is 15.9 Å². The number of hydrogen-bond acceptors (Lipinski definition) is 3. The van der Waals surface area contributed by atoms with Crippen molar-refractivity contribution in [2.24, 2.45) is 0 Å². The van der Waals surface area contributed by atoms with Crippen LogP contribution in [0.15, 0.2) is 60.9 Å². The zero-order valence-corrected chi connectivity index (χ0v) is 12.8. The number of hydrogen-bond donors (Lipinski definition) is 0. The van der Waals surface area contributed by atoms with Crippen LogP contribution in [-0.2, 0) is 17.8 Å². The summed E-state index contributed by atoms with van der Waals surface area (Å²) in [5, 5.41) is 0. The van der Waals surface area contributed by atoms with Crippen molar-refractivity contribution < 1.29 is 9.18 Å². The Kier molecular flexibility index (Phi) is 3.54. The first-order valence-electron chi connectivity index (χ1n) is 7.66. The topological polar surface area (TPSA) is 46.1 Å². The van der Waals surface area contributed by atoms with Crippen molar-refractivity contribution in [3.8, 4) is 11.1 Å². The molecule has 0 radical (unpaired) electrons. The highest BCUT2D eigenvalue weighted by Crippen LogP contribution is 2.32. The Morgan fingerprint density at radius 2 is 1.96 bits per heavy atom. The maximum Gasteiger partial charge on any atom is 0.233 e. The standard InChI is InChI=1S/C19H14FN3O/c20-15-5-3-4-13(8-15)14-9-18-17(22-11-14)10-19(24)23(18)12-16-6-1-2-7-21-16/h1-9,11H,10,12H2. The number of halogens is 1. The molecule has 0 saturated heterocycles. The number of benzene rings is 1. The minimum atomic E-state index is -0.297. The summed E-state index contributed by atoms with van der Waals surface area (Å²) >= 11 is 0. The van der Waals surface area contributed by atoms with Crippen molar-refractivity contribution in [1.29, 1.82) is 0 Å². The average Bonchev–Trinajstić information content (AvgIpc) is 2.91. The lowest BCUT2D eigenvalue weighted by molar-refractivity contribution is -0.117. The van der Waals surface area contributed by atoms with E-state index in [1.165, 1.54) is 12.1 Å². The molecule has 0 fully saturated rings. The fourth-order valence-corrected chi connectivity index (χ4v) is 2.88. The van der Waals surface area contributed by atoms with E-state index in [1.807, 2.05) is 30.3 Å². The summed E-state index contributed by atoms with van der Waals surface area (Å²) in [6, 6.07) is 13.9. The molecule has 0 aliphatic carbocycles. The Morgan fingerprint density at radius 3 is 2.75 bits per heavy atom. The Labute approximate surface area is 138 Å². The van der Waals surface area contributed by atoms with E-state index in [1.54, 1.807) is 23.4 Å². The van der Waals surface area contributed by atoms with Gasteiger partial charge in [-0.1, -0.05) is 18.2 Å². The minimum absolute atomic E-state index is 0.000421. The first kappa shape index (κ1) is 14.5. The lowest BCUT2D eigenvalue weighted by Gasteiger charge is -2.17. The molecule has 3 aromatic rings. The molecule has 0 N–H and O–H groups in total. The largest absolute Gasteiger partial charge is 0.304 e. The quantitative estimate of drug-likeness (QED) is 0.743. The lowest BCUT2D eigenvalue weighted by atomic mass is 10.1. The van der Waals surface area contributed by atoms with Crippen molar-refractivity contribution in [2.75, 3.05) is 4.90 Å². The number of carbonyl (C=O) groups is 1. The molecule has 0 spiro atoms. The second-order valence-electron chi connectivity index (χ2n) is 5.68. The first-order valence-corrected chi connectivity index (χ1v) is 7.66. The van der Waals surface area contributed by atoms with E-state index in [4.69, 9.17) is 0 Å².